The summed E-state index contributed by atoms with van der Waals surface area (Å²) >= 11 is 1.18. The number of nitrogens with two attached hydrogens (primary N) is 1. The highest BCUT2D eigenvalue weighted by Gasteiger charge is 2.42. The third-order valence-electron chi connectivity index (χ3n) is 2.92. The molecule has 0 unspecified atom stereocenters. The van der Waals surface area contributed by atoms with E-state index in [1.54, 1.807) is 6.07 Å². The third kappa shape index (κ3) is 5.46. The van der Waals surface area contributed by atoms with Gasteiger partial charge in [0.2, 0.25) is 11.0 Å². The number of rotatable bonds is 7. The molecule has 1 aromatic heterocycles. The van der Waals surface area contributed by atoms with Crippen molar-refractivity contribution in [3.63, 3.8) is 0 Å². The second-order valence-electron chi connectivity index (χ2n) is 4.78. The van der Waals surface area contributed by atoms with Crippen molar-refractivity contribution in [2.24, 2.45) is 0 Å². The number of carbonyl (C=O) groups excluding carboxylic acids is 1. The zero-order valence-corrected chi connectivity index (χ0v) is 13.2. The summed E-state index contributed by atoms with van der Waals surface area (Å²) in [5.74, 6) is -0.641. The Kier molecular flexibility index (Phi) is 6.10. The van der Waals surface area contributed by atoms with E-state index in [-0.39, 0.29) is 12.1 Å². The quantitative estimate of drug-likeness (QED) is 0.789. The van der Waals surface area contributed by atoms with E-state index in [0.717, 1.165) is 0 Å². The van der Waals surface area contributed by atoms with Crippen molar-refractivity contribution < 1.29 is 22.7 Å². The number of hydrogen-bond acceptors (Lipinski definition) is 6. The van der Waals surface area contributed by atoms with E-state index in [4.69, 9.17) is 10.5 Å². The molecule has 0 spiro atoms. The molecule has 0 bridgehead atoms. The van der Waals surface area contributed by atoms with E-state index >= 15 is 0 Å². The SMILES string of the molecule is Nc1nnc(CCNC(=O)CO[C@H](c2ccccc2)C(F)(F)F)s1. The molecule has 0 aliphatic heterocycles. The van der Waals surface area contributed by atoms with Crippen LogP contribution in [0.5, 0.6) is 0 Å². The van der Waals surface area contributed by atoms with Gasteiger partial charge in [0.1, 0.15) is 11.6 Å². The van der Waals surface area contributed by atoms with Gasteiger partial charge < -0.3 is 15.8 Å². The minimum Gasteiger partial charge on any atom is -0.374 e. The largest absolute Gasteiger partial charge is 0.418 e. The maximum atomic E-state index is 13.0. The van der Waals surface area contributed by atoms with Gasteiger partial charge in [0.05, 0.1) is 0 Å². The van der Waals surface area contributed by atoms with E-state index < -0.39 is 24.8 Å². The maximum absolute atomic E-state index is 13.0. The molecule has 2 aromatic rings. The molecule has 1 aromatic carbocycles. The summed E-state index contributed by atoms with van der Waals surface area (Å²) in [6.07, 6.45) is -6.36. The van der Waals surface area contributed by atoms with Gasteiger partial charge in [0.25, 0.3) is 0 Å². The molecule has 0 aliphatic rings. The van der Waals surface area contributed by atoms with E-state index in [1.807, 2.05) is 0 Å². The second-order valence-corrected chi connectivity index (χ2v) is 5.87. The molecule has 2 rings (SSSR count). The summed E-state index contributed by atoms with van der Waals surface area (Å²) in [5, 5.41) is 10.8. The molecule has 0 aliphatic carbocycles. The van der Waals surface area contributed by atoms with Gasteiger partial charge in [-0.15, -0.1) is 10.2 Å². The van der Waals surface area contributed by atoms with Crippen LogP contribution in [0.3, 0.4) is 0 Å². The summed E-state index contributed by atoms with van der Waals surface area (Å²) in [7, 11) is 0. The van der Waals surface area contributed by atoms with E-state index in [1.165, 1.54) is 35.6 Å². The monoisotopic (exact) mass is 360 g/mol. The fourth-order valence-corrected chi connectivity index (χ4v) is 2.50. The number of nitrogens with one attached hydrogen (secondary N) is 1. The van der Waals surface area contributed by atoms with Crippen LogP contribution in [0.4, 0.5) is 18.3 Å². The van der Waals surface area contributed by atoms with E-state index in [2.05, 4.69) is 15.5 Å². The Hall–Kier alpha value is -2.20. The smallest absolute Gasteiger partial charge is 0.374 e. The number of hydrogen-bond donors (Lipinski definition) is 2. The highest BCUT2D eigenvalue weighted by molar-refractivity contribution is 7.15. The van der Waals surface area contributed by atoms with Crippen LogP contribution in [0, 0.1) is 0 Å². The van der Waals surface area contributed by atoms with Gasteiger partial charge in [0.15, 0.2) is 6.10 Å². The molecule has 24 heavy (non-hydrogen) atoms. The molecule has 0 saturated carbocycles. The average molecular weight is 360 g/mol. The Morgan fingerprint density at radius 3 is 2.58 bits per heavy atom. The lowest BCUT2D eigenvalue weighted by Crippen LogP contribution is -2.32. The van der Waals surface area contributed by atoms with Crippen LogP contribution < -0.4 is 11.1 Å². The summed E-state index contributed by atoms with van der Waals surface area (Å²) in [4.78, 5) is 11.6. The van der Waals surface area contributed by atoms with Crippen molar-refractivity contribution >= 4 is 22.4 Å². The Labute approximate surface area is 139 Å². The van der Waals surface area contributed by atoms with Gasteiger partial charge in [-0.05, 0) is 5.56 Å². The fourth-order valence-electron chi connectivity index (χ4n) is 1.89. The van der Waals surface area contributed by atoms with Crippen molar-refractivity contribution in [3.8, 4) is 0 Å². The molecule has 3 N–H and O–H groups in total. The van der Waals surface area contributed by atoms with E-state index in [9.17, 15) is 18.0 Å². The zero-order valence-electron chi connectivity index (χ0n) is 12.4. The first-order chi connectivity index (χ1) is 11.4. The molecule has 1 atom stereocenters. The number of ether oxygens (including phenoxy) is 1. The third-order valence-corrected chi connectivity index (χ3v) is 3.74. The summed E-state index contributed by atoms with van der Waals surface area (Å²) < 4.78 is 43.9. The van der Waals surface area contributed by atoms with Crippen molar-refractivity contribution in [1.29, 1.82) is 0 Å². The molecule has 0 radical (unpaired) electrons. The van der Waals surface area contributed by atoms with Gasteiger partial charge in [-0.1, -0.05) is 41.7 Å². The van der Waals surface area contributed by atoms with Crippen LogP contribution in [0.25, 0.3) is 0 Å². The Morgan fingerprint density at radius 1 is 1.29 bits per heavy atom. The minimum atomic E-state index is -4.61. The molecule has 6 nitrogen and oxygen atoms in total. The van der Waals surface area contributed by atoms with Crippen molar-refractivity contribution in [3.05, 3.63) is 40.9 Å². The number of carbonyl (C=O) groups is 1. The van der Waals surface area contributed by atoms with Crippen LogP contribution >= 0.6 is 11.3 Å². The Bertz CT molecular complexity index is 664. The van der Waals surface area contributed by atoms with Crippen molar-refractivity contribution in [1.82, 2.24) is 15.5 Å². The first-order valence-electron chi connectivity index (χ1n) is 6.94. The highest BCUT2D eigenvalue weighted by atomic mass is 32.1. The molecule has 10 heteroatoms. The lowest BCUT2D eigenvalue weighted by molar-refractivity contribution is -0.223. The van der Waals surface area contributed by atoms with E-state index in [0.29, 0.717) is 16.6 Å². The van der Waals surface area contributed by atoms with Crippen LogP contribution in [0.2, 0.25) is 0 Å². The lowest BCUT2D eigenvalue weighted by atomic mass is 10.1. The zero-order chi connectivity index (χ0) is 17.6. The maximum Gasteiger partial charge on any atom is 0.418 e. The number of nitrogen functional groups attached to an aromatic ring is 1. The number of aromatic nitrogens is 2. The fraction of sp³-hybridized carbons (Fsp3) is 0.357. The standard InChI is InChI=1S/C14H15F3N4O2S/c15-14(16,17)12(9-4-2-1-3-5-9)23-8-10(22)19-7-6-11-20-21-13(18)24-11/h1-5,12H,6-8H2,(H2,18,21)(H,19,22)/t12-/m1/s1. The van der Waals surface area contributed by atoms with Gasteiger partial charge >= 0.3 is 6.18 Å². The normalized spacial score (nSPS) is 12.8. The first-order valence-corrected chi connectivity index (χ1v) is 7.75. The number of benzene rings is 1. The predicted molar refractivity (Wildman–Crippen MR) is 82.2 cm³/mol. The topological polar surface area (TPSA) is 90.1 Å². The molecular formula is C14H15F3N4O2S. The average Bonchev–Trinajstić information content (AvgIpc) is 2.93. The molecule has 130 valence electrons. The number of halogens is 3. The van der Waals surface area contributed by atoms with Crippen molar-refractivity contribution in [2.75, 3.05) is 18.9 Å². The van der Waals surface area contributed by atoms with Crippen LogP contribution in [0.15, 0.2) is 30.3 Å². The molecule has 1 heterocycles. The Morgan fingerprint density at radius 2 is 2.00 bits per heavy atom. The summed E-state index contributed by atoms with van der Waals surface area (Å²) in [5.41, 5.74) is 5.36. The van der Waals surface area contributed by atoms with Gasteiger partial charge in [-0.3, -0.25) is 4.79 Å². The minimum absolute atomic E-state index is 0.0536. The number of anilines is 1. The summed E-state index contributed by atoms with van der Waals surface area (Å²) in [6, 6.07) is 7.16. The van der Waals surface area contributed by atoms with Crippen LogP contribution in [0.1, 0.15) is 16.7 Å². The number of nitrogens with zero attached hydrogens (tertiary/aromatic N) is 2. The van der Waals surface area contributed by atoms with Gasteiger partial charge in [0, 0.05) is 13.0 Å². The van der Waals surface area contributed by atoms with Crippen LogP contribution in [-0.4, -0.2) is 35.4 Å². The van der Waals surface area contributed by atoms with Gasteiger partial charge in [-0.2, -0.15) is 13.2 Å². The number of amides is 1. The molecule has 0 saturated heterocycles. The van der Waals surface area contributed by atoms with Crippen molar-refractivity contribution in [2.45, 2.75) is 18.7 Å². The number of alkyl halides is 3. The highest BCUT2D eigenvalue weighted by Crippen LogP contribution is 2.35. The lowest BCUT2D eigenvalue weighted by Gasteiger charge is -2.21. The van der Waals surface area contributed by atoms with Crippen LogP contribution in [-0.2, 0) is 16.0 Å². The summed E-state index contributed by atoms with van der Waals surface area (Å²) in [6.45, 7) is -0.490. The van der Waals surface area contributed by atoms with Gasteiger partial charge in [-0.25, -0.2) is 0 Å². The molecule has 1 amide bonds. The molecule has 0 fully saturated rings. The predicted octanol–water partition coefficient (Wildman–Crippen LogP) is 2.10. The Balaban J connectivity index is 1.82. The first kappa shape index (κ1) is 18.1. The second kappa shape index (κ2) is 8.06. The molecular weight excluding hydrogens is 345 g/mol.